The molecule has 0 aliphatic carbocycles. The lowest BCUT2D eigenvalue weighted by Crippen LogP contribution is -2.46. The van der Waals surface area contributed by atoms with Crippen LogP contribution >= 0.6 is 0 Å². The van der Waals surface area contributed by atoms with Crippen LogP contribution in [0.3, 0.4) is 0 Å². The first-order valence-corrected chi connectivity index (χ1v) is 18.1. The number of carbonyl (C=O) groups is 3. The molecule has 0 unspecified atom stereocenters. The van der Waals surface area contributed by atoms with E-state index in [-0.39, 0.29) is 35.6 Å². The Bertz CT molecular complexity index is 1080. The van der Waals surface area contributed by atoms with Crippen molar-refractivity contribution in [1.82, 2.24) is 0 Å². The van der Waals surface area contributed by atoms with E-state index in [1.54, 1.807) is 34.8 Å². The zero-order valence-corrected chi connectivity index (χ0v) is 30.0. The maximum Gasteiger partial charge on any atom is 0.337 e. The Hall–Kier alpha value is -2.69. The highest BCUT2D eigenvalue weighted by Gasteiger charge is 2.42. The van der Waals surface area contributed by atoms with Crippen molar-refractivity contribution < 1.29 is 42.5 Å². The molecule has 0 N–H and O–H groups in total. The summed E-state index contributed by atoms with van der Waals surface area (Å²) in [6.07, 6.45) is -1.76. The van der Waals surface area contributed by atoms with Crippen molar-refractivity contribution in [3.05, 3.63) is 41.0 Å². The maximum atomic E-state index is 13.6. The molecule has 9 nitrogen and oxygen atoms in total. The molecule has 44 heavy (non-hydrogen) atoms. The molecular weight excluding hydrogens is 580 g/mol. The van der Waals surface area contributed by atoms with E-state index in [4.69, 9.17) is 28.1 Å². The predicted octanol–water partition coefficient (Wildman–Crippen LogP) is 7.17. The SMILES string of the molecule is CCOC(=O)/C(C)=C(\C(=O)OC(C)(C)C)[C@@H](CC(=O)O[C@H](C)[C@@H](C)COCc1ccc(OC)cc1)O[Si](CC)(CC)C(C)C. The highest BCUT2D eigenvalue weighted by atomic mass is 28.4. The third-order valence-corrected chi connectivity index (χ3v) is 13.1. The molecule has 0 saturated heterocycles. The van der Waals surface area contributed by atoms with E-state index in [0.717, 1.165) is 23.4 Å². The lowest BCUT2D eigenvalue weighted by molar-refractivity contribution is -0.155. The van der Waals surface area contributed by atoms with Gasteiger partial charge in [0.1, 0.15) is 17.5 Å². The summed E-state index contributed by atoms with van der Waals surface area (Å²) in [7, 11) is -0.843. The largest absolute Gasteiger partial charge is 0.497 e. The summed E-state index contributed by atoms with van der Waals surface area (Å²) in [4.78, 5) is 40.0. The molecule has 0 aliphatic heterocycles. The minimum absolute atomic E-state index is 0.00160. The van der Waals surface area contributed by atoms with Crippen molar-refractivity contribution >= 4 is 26.2 Å². The fraction of sp³-hybridized carbons (Fsp3) is 0.676. The summed E-state index contributed by atoms with van der Waals surface area (Å²) in [5.41, 5.74) is 0.427. The maximum absolute atomic E-state index is 13.6. The molecule has 0 radical (unpaired) electrons. The Kier molecular flexibility index (Phi) is 16.4. The van der Waals surface area contributed by atoms with Crippen molar-refractivity contribution in [1.29, 1.82) is 0 Å². The van der Waals surface area contributed by atoms with E-state index in [1.807, 2.05) is 38.1 Å². The molecular formula is C34H56O9Si. The zero-order valence-electron chi connectivity index (χ0n) is 29.0. The molecule has 250 valence electrons. The number of carbonyl (C=O) groups excluding carboxylic acids is 3. The van der Waals surface area contributed by atoms with Crippen LogP contribution in [0.1, 0.15) is 88.1 Å². The van der Waals surface area contributed by atoms with E-state index >= 15 is 0 Å². The van der Waals surface area contributed by atoms with E-state index in [0.29, 0.717) is 13.2 Å². The number of benzene rings is 1. The first-order chi connectivity index (χ1) is 20.5. The Morgan fingerprint density at radius 3 is 1.98 bits per heavy atom. The van der Waals surface area contributed by atoms with Gasteiger partial charge >= 0.3 is 17.9 Å². The van der Waals surface area contributed by atoms with Crippen molar-refractivity contribution in [2.75, 3.05) is 20.3 Å². The number of methoxy groups -OCH3 is 1. The van der Waals surface area contributed by atoms with E-state index in [9.17, 15) is 14.4 Å². The standard InChI is InChI=1S/C34H56O9Si/c1-13-40-32(36)25(7)31(33(37)42-34(9,10)11)29(43-44(14-2,15-3)23(4)5)20-30(35)41-26(8)24(6)21-39-22-27-16-18-28(38-12)19-17-27/h16-19,23-24,26,29H,13-15,20-22H2,1-12H3/b31-25-/t24-,26+,29+/m0/s1. The van der Waals surface area contributed by atoms with Gasteiger partial charge in [0, 0.05) is 11.5 Å². The van der Waals surface area contributed by atoms with Gasteiger partial charge in [0.05, 0.1) is 45.0 Å². The number of hydrogen-bond donors (Lipinski definition) is 0. The second-order valence-electron chi connectivity index (χ2n) is 12.5. The van der Waals surface area contributed by atoms with Gasteiger partial charge in [-0.2, -0.15) is 0 Å². The second-order valence-corrected chi connectivity index (χ2v) is 17.5. The monoisotopic (exact) mass is 636 g/mol. The molecule has 0 saturated carbocycles. The highest BCUT2D eigenvalue weighted by Crippen LogP contribution is 2.35. The number of rotatable bonds is 18. The van der Waals surface area contributed by atoms with Gasteiger partial charge in [0.15, 0.2) is 8.32 Å². The molecule has 0 amide bonds. The van der Waals surface area contributed by atoms with E-state index in [1.165, 1.54) is 6.92 Å². The van der Waals surface area contributed by atoms with Gasteiger partial charge in [0.2, 0.25) is 0 Å². The Morgan fingerprint density at radius 2 is 1.50 bits per heavy atom. The van der Waals surface area contributed by atoms with Crippen LogP contribution in [0.4, 0.5) is 0 Å². The van der Waals surface area contributed by atoms with E-state index in [2.05, 4.69) is 27.7 Å². The predicted molar refractivity (Wildman–Crippen MR) is 174 cm³/mol. The quantitative estimate of drug-likeness (QED) is 0.0717. The molecule has 3 atom stereocenters. The van der Waals surface area contributed by atoms with Crippen molar-refractivity contribution in [2.45, 2.75) is 125 Å². The molecule has 10 heteroatoms. The van der Waals surface area contributed by atoms with Gasteiger partial charge in [-0.05, 0) is 76.9 Å². The lowest BCUT2D eigenvalue weighted by atomic mass is 10.0. The fourth-order valence-electron chi connectivity index (χ4n) is 4.81. The smallest absolute Gasteiger partial charge is 0.337 e. The van der Waals surface area contributed by atoms with Crippen LogP contribution in [0.2, 0.25) is 17.6 Å². The molecule has 0 aromatic heterocycles. The van der Waals surface area contributed by atoms with Gasteiger partial charge in [-0.15, -0.1) is 0 Å². The lowest BCUT2D eigenvalue weighted by Gasteiger charge is -2.38. The fourth-order valence-corrected chi connectivity index (χ4v) is 8.31. The zero-order chi connectivity index (χ0) is 33.7. The van der Waals surface area contributed by atoms with Crippen LogP contribution in [0.5, 0.6) is 5.75 Å². The summed E-state index contributed by atoms with van der Waals surface area (Å²) >= 11 is 0. The molecule has 1 aromatic carbocycles. The third kappa shape index (κ3) is 12.4. The van der Waals surface area contributed by atoms with Gasteiger partial charge in [-0.1, -0.05) is 46.8 Å². The van der Waals surface area contributed by atoms with Crippen molar-refractivity contribution in [2.24, 2.45) is 5.92 Å². The van der Waals surface area contributed by atoms with Crippen molar-refractivity contribution in [3.63, 3.8) is 0 Å². The molecule has 0 bridgehead atoms. The van der Waals surface area contributed by atoms with Crippen LogP contribution in [0, 0.1) is 5.92 Å². The molecule has 1 rings (SSSR count). The summed E-state index contributed by atoms with van der Waals surface area (Å²) in [6.45, 7) is 21.5. The third-order valence-electron chi connectivity index (χ3n) is 7.83. The Morgan fingerprint density at radius 1 is 0.909 bits per heavy atom. The first-order valence-electron chi connectivity index (χ1n) is 15.7. The minimum atomic E-state index is -2.46. The molecule has 0 spiro atoms. The molecule has 1 aromatic rings. The molecule has 0 heterocycles. The van der Waals surface area contributed by atoms with Gasteiger partial charge in [0.25, 0.3) is 0 Å². The topological polar surface area (TPSA) is 107 Å². The minimum Gasteiger partial charge on any atom is -0.497 e. The summed E-state index contributed by atoms with van der Waals surface area (Å²) in [6, 6.07) is 9.17. The van der Waals surface area contributed by atoms with Crippen molar-refractivity contribution in [3.8, 4) is 5.75 Å². The van der Waals surface area contributed by atoms with Crippen LogP contribution in [0.25, 0.3) is 0 Å². The Balaban J connectivity index is 3.25. The van der Waals surface area contributed by atoms with Crippen LogP contribution < -0.4 is 4.74 Å². The average Bonchev–Trinajstić information content (AvgIpc) is 2.94. The normalized spacial score (nSPS) is 14.8. The molecule has 0 aliphatic rings. The summed E-state index contributed by atoms with van der Waals surface area (Å²) in [5, 5.41) is 0. The van der Waals surface area contributed by atoms with Gasteiger partial charge in [-0.25, -0.2) is 9.59 Å². The number of hydrogen-bond acceptors (Lipinski definition) is 9. The Labute approximate surface area is 266 Å². The first kappa shape index (κ1) is 39.3. The van der Waals surface area contributed by atoms with E-state index < -0.39 is 44.0 Å². The number of esters is 3. The van der Waals surface area contributed by atoms with Crippen LogP contribution in [-0.4, -0.2) is 64.4 Å². The van der Waals surface area contributed by atoms with Gasteiger partial charge < -0.3 is 28.1 Å². The highest BCUT2D eigenvalue weighted by molar-refractivity contribution is 6.75. The number of ether oxygens (including phenoxy) is 5. The second kappa shape index (κ2) is 18.3. The average molecular weight is 637 g/mol. The summed E-state index contributed by atoms with van der Waals surface area (Å²) in [5.74, 6) is -1.24. The van der Waals surface area contributed by atoms with Gasteiger partial charge in [-0.3, -0.25) is 4.79 Å². The van der Waals surface area contributed by atoms with Crippen LogP contribution in [-0.2, 0) is 44.4 Å². The van der Waals surface area contributed by atoms with Crippen LogP contribution in [0.15, 0.2) is 35.4 Å². The summed E-state index contributed by atoms with van der Waals surface area (Å²) < 4.78 is 34.7. The molecule has 0 fully saturated rings.